The predicted molar refractivity (Wildman–Crippen MR) is 79.2 cm³/mol. The van der Waals surface area contributed by atoms with Crippen LogP contribution in [0.15, 0.2) is 18.5 Å². The van der Waals surface area contributed by atoms with Gasteiger partial charge in [-0.15, -0.1) is 0 Å². The second-order valence-corrected chi connectivity index (χ2v) is 5.57. The topological polar surface area (TPSA) is 19.4 Å². The van der Waals surface area contributed by atoms with Gasteiger partial charge in [0.25, 0.3) is 0 Å². The highest BCUT2D eigenvalue weighted by molar-refractivity contribution is 5.50. The number of hydrogen-bond donors (Lipinski definition) is 0. The summed E-state index contributed by atoms with van der Waals surface area (Å²) >= 11 is 0. The molecule has 0 amide bonds. The smallest absolute Gasteiger partial charge is 0.0424 e. The van der Waals surface area contributed by atoms with Gasteiger partial charge < -0.3 is 4.90 Å². The molecule has 0 aliphatic rings. The lowest BCUT2D eigenvalue weighted by molar-refractivity contribution is 0.177. The van der Waals surface area contributed by atoms with E-state index in [2.05, 4.69) is 62.6 Å². The molecule has 0 aliphatic heterocycles. The molecular formula is C15H27N3. The van der Waals surface area contributed by atoms with Crippen molar-refractivity contribution in [3.63, 3.8) is 0 Å². The van der Waals surface area contributed by atoms with Gasteiger partial charge in [-0.2, -0.15) is 0 Å². The Morgan fingerprint density at radius 3 is 2.22 bits per heavy atom. The molecule has 1 aromatic rings. The van der Waals surface area contributed by atoms with E-state index in [1.54, 1.807) is 0 Å². The van der Waals surface area contributed by atoms with E-state index < -0.39 is 0 Å². The van der Waals surface area contributed by atoms with Crippen LogP contribution < -0.4 is 4.90 Å². The van der Waals surface area contributed by atoms with Gasteiger partial charge in [0.1, 0.15) is 0 Å². The van der Waals surface area contributed by atoms with Crippen LogP contribution in [0.1, 0.15) is 33.3 Å². The molecule has 3 heteroatoms. The van der Waals surface area contributed by atoms with Crippen molar-refractivity contribution >= 4 is 5.69 Å². The average Bonchev–Trinajstić information content (AvgIpc) is 2.28. The first-order valence-electron chi connectivity index (χ1n) is 6.79. The minimum absolute atomic E-state index is 0.587. The number of anilines is 1. The number of aromatic nitrogens is 1. The van der Waals surface area contributed by atoms with Gasteiger partial charge >= 0.3 is 0 Å². The second kappa shape index (κ2) is 6.74. The Morgan fingerprint density at radius 2 is 1.72 bits per heavy atom. The van der Waals surface area contributed by atoms with Crippen molar-refractivity contribution in [2.24, 2.45) is 0 Å². The van der Waals surface area contributed by atoms with Crippen LogP contribution in [0.5, 0.6) is 0 Å². The molecule has 1 heterocycles. The number of rotatable bonds is 6. The summed E-state index contributed by atoms with van der Waals surface area (Å²) in [6.45, 7) is 10.1. The third-order valence-electron chi connectivity index (χ3n) is 3.33. The van der Waals surface area contributed by atoms with Crippen molar-refractivity contribution in [2.75, 3.05) is 25.5 Å². The zero-order chi connectivity index (χ0) is 13.7. The van der Waals surface area contributed by atoms with E-state index in [9.17, 15) is 0 Å². The summed E-state index contributed by atoms with van der Waals surface area (Å²) in [6, 6.07) is 3.26. The van der Waals surface area contributed by atoms with Crippen molar-refractivity contribution in [1.82, 2.24) is 9.88 Å². The van der Waals surface area contributed by atoms with E-state index in [-0.39, 0.29) is 0 Å². The highest BCUT2D eigenvalue weighted by Gasteiger charge is 2.14. The Hall–Kier alpha value is -1.09. The van der Waals surface area contributed by atoms with Gasteiger partial charge in [-0.1, -0.05) is 0 Å². The molecule has 0 radical (unpaired) electrons. The van der Waals surface area contributed by atoms with E-state index in [0.29, 0.717) is 12.1 Å². The maximum atomic E-state index is 4.25. The normalized spacial score (nSPS) is 11.6. The summed E-state index contributed by atoms with van der Waals surface area (Å²) < 4.78 is 0. The minimum Gasteiger partial charge on any atom is -0.377 e. The molecule has 102 valence electrons. The van der Waals surface area contributed by atoms with Crippen molar-refractivity contribution in [3.8, 4) is 0 Å². The maximum Gasteiger partial charge on any atom is 0.0424 e. The predicted octanol–water partition coefficient (Wildman–Crippen LogP) is 2.81. The lowest BCUT2D eigenvalue weighted by Crippen LogP contribution is -2.38. The molecule has 0 saturated heterocycles. The van der Waals surface area contributed by atoms with Crippen molar-refractivity contribution in [2.45, 2.75) is 46.2 Å². The van der Waals surface area contributed by atoms with E-state index in [4.69, 9.17) is 0 Å². The first kappa shape index (κ1) is 15.0. The van der Waals surface area contributed by atoms with E-state index in [0.717, 1.165) is 13.0 Å². The monoisotopic (exact) mass is 249 g/mol. The third-order valence-corrected chi connectivity index (χ3v) is 3.33. The molecule has 0 aromatic carbocycles. The minimum atomic E-state index is 0.587. The molecule has 0 N–H and O–H groups in total. The molecule has 1 rings (SSSR count). The Balaban J connectivity index is 2.73. The van der Waals surface area contributed by atoms with Gasteiger partial charge in [-0.3, -0.25) is 9.88 Å². The summed E-state index contributed by atoms with van der Waals surface area (Å²) in [4.78, 5) is 8.93. The SMILES string of the molecule is CC(C)N(CCc1cnccc1N(C)C)C(C)C. The molecule has 0 bridgehead atoms. The summed E-state index contributed by atoms with van der Waals surface area (Å²) in [5.41, 5.74) is 2.60. The van der Waals surface area contributed by atoms with Gasteiger partial charge in [0.2, 0.25) is 0 Å². The van der Waals surface area contributed by atoms with E-state index in [1.807, 2.05) is 12.4 Å². The van der Waals surface area contributed by atoms with E-state index >= 15 is 0 Å². The van der Waals surface area contributed by atoms with Gasteiger partial charge in [0.15, 0.2) is 0 Å². The fraction of sp³-hybridized carbons (Fsp3) is 0.667. The van der Waals surface area contributed by atoms with Crippen LogP contribution in [0, 0.1) is 0 Å². The Morgan fingerprint density at radius 1 is 1.11 bits per heavy atom. The summed E-state index contributed by atoms with van der Waals surface area (Å²) in [5, 5.41) is 0. The van der Waals surface area contributed by atoms with Crippen LogP contribution in [0.25, 0.3) is 0 Å². The molecule has 0 aliphatic carbocycles. The Labute approximate surface area is 112 Å². The Kier molecular flexibility index (Phi) is 5.60. The molecule has 0 atom stereocenters. The molecule has 1 aromatic heterocycles. The quantitative estimate of drug-likeness (QED) is 0.773. The average molecular weight is 249 g/mol. The molecular weight excluding hydrogens is 222 g/mol. The zero-order valence-corrected chi connectivity index (χ0v) is 12.6. The molecule has 0 unspecified atom stereocenters. The fourth-order valence-corrected chi connectivity index (χ4v) is 2.41. The largest absolute Gasteiger partial charge is 0.377 e. The van der Waals surface area contributed by atoms with E-state index in [1.165, 1.54) is 11.3 Å². The zero-order valence-electron chi connectivity index (χ0n) is 12.6. The first-order valence-corrected chi connectivity index (χ1v) is 6.79. The van der Waals surface area contributed by atoms with Crippen LogP contribution in [-0.4, -0.2) is 42.6 Å². The van der Waals surface area contributed by atoms with Gasteiger partial charge in [0, 0.05) is 50.8 Å². The third kappa shape index (κ3) is 3.98. The number of nitrogens with zero attached hydrogens (tertiary/aromatic N) is 3. The summed E-state index contributed by atoms with van der Waals surface area (Å²) in [7, 11) is 4.17. The molecule has 0 spiro atoms. The van der Waals surface area contributed by atoms with Crippen LogP contribution >= 0.6 is 0 Å². The first-order chi connectivity index (χ1) is 8.43. The fourth-order valence-electron chi connectivity index (χ4n) is 2.41. The summed E-state index contributed by atoms with van der Waals surface area (Å²) in [5.74, 6) is 0. The summed E-state index contributed by atoms with van der Waals surface area (Å²) in [6.07, 6.45) is 4.91. The second-order valence-electron chi connectivity index (χ2n) is 5.57. The lowest BCUT2D eigenvalue weighted by atomic mass is 10.1. The van der Waals surface area contributed by atoms with Crippen LogP contribution in [-0.2, 0) is 6.42 Å². The van der Waals surface area contributed by atoms with Crippen molar-refractivity contribution in [3.05, 3.63) is 24.0 Å². The number of pyridine rings is 1. The maximum absolute atomic E-state index is 4.25. The van der Waals surface area contributed by atoms with Crippen LogP contribution in [0.2, 0.25) is 0 Å². The van der Waals surface area contributed by atoms with Crippen LogP contribution in [0.4, 0.5) is 5.69 Å². The highest BCUT2D eigenvalue weighted by Crippen LogP contribution is 2.18. The van der Waals surface area contributed by atoms with Gasteiger partial charge in [-0.05, 0) is 45.7 Å². The van der Waals surface area contributed by atoms with Crippen molar-refractivity contribution in [1.29, 1.82) is 0 Å². The van der Waals surface area contributed by atoms with Crippen LogP contribution in [0.3, 0.4) is 0 Å². The molecule has 0 saturated carbocycles. The van der Waals surface area contributed by atoms with Crippen molar-refractivity contribution < 1.29 is 0 Å². The Bertz CT molecular complexity index is 351. The number of hydrogen-bond acceptors (Lipinski definition) is 3. The molecule has 0 fully saturated rings. The molecule has 3 nitrogen and oxygen atoms in total. The molecule has 18 heavy (non-hydrogen) atoms. The van der Waals surface area contributed by atoms with Gasteiger partial charge in [-0.25, -0.2) is 0 Å². The highest BCUT2D eigenvalue weighted by atomic mass is 15.2. The standard InChI is InChI=1S/C15H27N3/c1-12(2)18(13(3)4)10-8-14-11-16-9-7-15(14)17(5)6/h7,9,11-13H,8,10H2,1-6H3. The lowest BCUT2D eigenvalue weighted by Gasteiger charge is -2.31. The van der Waals surface area contributed by atoms with Gasteiger partial charge in [0.05, 0.1) is 0 Å².